The first-order chi connectivity index (χ1) is 8.88. The van der Waals surface area contributed by atoms with Crippen LogP contribution in [0.15, 0.2) is 18.2 Å². The van der Waals surface area contributed by atoms with Crippen molar-refractivity contribution in [2.75, 3.05) is 32.8 Å². The molecule has 0 saturated carbocycles. The maximum absolute atomic E-state index is 5.71. The molecule has 0 atom stereocenters. The monoisotopic (exact) mass is 249 g/mol. The maximum Gasteiger partial charge on any atom is 0.213 e. The number of rotatable bonds is 7. The number of ether oxygens (including phenoxy) is 1. The minimum absolute atomic E-state index is 0.734. The summed E-state index contributed by atoms with van der Waals surface area (Å²) in [5, 5.41) is 3.27. The van der Waals surface area contributed by atoms with Gasteiger partial charge >= 0.3 is 0 Å². The van der Waals surface area contributed by atoms with E-state index >= 15 is 0 Å². The summed E-state index contributed by atoms with van der Waals surface area (Å²) in [6.45, 7) is 8.04. The number of nitrogens with one attached hydrogen (secondary N) is 1. The Kier molecular flexibility index (Phi) is 5.42. The third-order valence-electron chi connectivity index (χ3n) is 3.19. The lowest BCUT2D eigenvalue weighted by atomic mass is 10.3. The Hall–Kier alpha value is -1.13. The van der Waals surface area contributed by atoms with E-state index in [0.717, 1.165) is 37.8 Å². The fourth-order valence-electron chi connectivity index (χ4n) is 2.18. The number of hydrogen-bond acceptors (Lipinski definition) is 4. The summed E-state index contributed by atoms with van der Waals surface area (Å²) < 4.78 is 5.71. The molecule has 1 N–H and O–H groups in total. The van der Waals surface area contributed by atoms with Gasteiger partial charge < -0.3 is 10.1 Å². The third kappa shape index (κ3) is 4.27. The van der Waals surface area contributed by atoms with Crippen molar-refractivity contribution in [3.05, 3.63) is 23.9 Å². The molecule has 4 heteroatoms. The van der Waals surface area contributed by atoms with Gasteiger partial charge in [-0.05, 0) is 38.5 Å². The van der Waals surface area contributed by atoms with Crippen LogP contribution in [0.3, 0.4) is 0 Å². The highest BCUT2D eigenvalue weighted by molar-refractivity contribution is 5.15. The zero-order valence-corrected chi connectivity index (χ0v) is 11.2. The van der Waals surface area contributed by atoms with Crippen LogP contribution < -0.4 is 10.1 Å². The molecule has 1 aromatic heterocycles. The first kappa shape index (κ1) is 13.3. The quantitative estimate of drug-likeness (QED) is 0.797. The minimum Gasteiger partial charge on any atom is -0.476 e. The standard InChI is InChI=1S/C14H23N3O/c1-2-15-12-13-6-5-7-14(16-13)18-11-10-17-8-3-4-9-17/h5-7,15H,2-4,8-12H2,1H3. The number of hydrogen-bond donors (Lipinski definition) is 1. The molecular formula is C14H23N3O. The van der Waals surface area contributed by atoms with Gasteiger partial charge in [-0.25, -0.2) is 4.98 Å². The molecule has 0 unspecified atom stereocenters. The Labute approximate surface area is 109 Å². The topological polar surface area (TPSA) is 37.4 Å². The Morgan fingerprint density at radius 3 is 2.94 bits per heavy atom. The number of aromatic nitrogens is 1. The molecule has 2 rings (SSSR count). The lowest BCUT2D eigenvalue weighted by Gasteiger charge is -2.14. The van der Waals surface area contributed by atoms with Gasteiger partial charge in [-0.3, -0.25) is 4.90 Å². The van der Waals surface area contributed by atoms with Gasteiger partial charge in [-0.1, -0.05) is 13.0 Å². The smallest absolute Gasteiger partial charge is 0.213 e. The van der Waals surface area contributed by atoms with Crippen LogP contribution in [-0.4, -0.2) is 42.7 Å². The zero-order chi connectivity index (χ0) is 12.6. The predicted octanol–water partition coefficient (Wildman–Crippen LogP) is 1.67. The van der Waals surface area contributed by atoms with Crippen molar-refractivity contribution >= 4 is 0 Å². The number of nitrogens with zero attached hydrogens (tertiary/aromatic N) is 2. The highest BCUT2D eigenvalue weighted by atomic mass is 16.5. The van der Waals surface area contributed by atoms with E-state index in [0.29, 0.717) is 0 Å². The van der Waals surface area contributed by atoms with Gasteiger partial charge in [0, 0.05) is 19.2 Å². The maximum atomic E-state index is 5.71. The fourth-order valence-corrected chi connectivity index (χ4v) is 2.18. The molecule has 0 spiro atoms. The molecule has 18 heavy (non-hydrogen) atoms. The van der Waals surface area contributed by atoms with Crippen molar-refractivity contribution in [3.63, 3.8) is 0 Å². The summed E-state index contributed by atoms with van der Waals surface area (Å²) in [6.07, 6.45) is 2.66. The van der Waals surface area contributed by atoms with Gasteiger partial charge in [0.25, 0.3) is 0 Å². The Balaban J connectivity index is 1.74. The van der Waals surface area contributed by atoms with Gasteiger partial charge in [0.1, 0.15) is 6.61 Å². The third-order valence-corrected chi connectivity index (χ3v) is 3.19. The lowest BCUT2D eigenvalue weighted by Crippen LogP contribution is -2.25. The molecule has 1 aliphatic heterocycles. The molecule has 1 fully saturated rings. The van der Waals surface area contributed by atoms with Gasteiger partial charge in [0.05, 0.1) is 5.69 Å². The van der Waals surface area contributed by atoms with Crippen molar-refractivity contribution in [2.45, 2.75) is 26.3 Å². The first-order valence-corrected chi connectivity index (χ1v) is 6.90. The summed E-state index contributed by atoms with van der Waals surface area (Å²) in [6, 6.07) is 5.96. The zero-order valence-electron chi connectivity index (χ0n) is 11.2. The van der Waals surface area contributed by atoms with Gasteiger partial charge in [-0.15, -0.1) is 0 Å². The Bertz CT molecular complexity index is 351. The van der Waals surface area contributed by atoms with Crippen LogP contribution in [0.4, 0.5) is 0 Å². The second-order valence-corrected chi connectivity index (χ2v) is 4.64. The molecule has 0 bridgehead atoms. The van der Waals surface area contributed by atoms with Crippen LogP contribution in [0.1, 0.15) is 25.5 Å². The fraction of sp³-hybridized carbons (Fsp3) is 0.643. The van der Waals surface area contributed by atoms with E-state index < -0.39 is 0 Å². The van der Waals surface area contributed by atoms with Gasteiger partial charge in [0.2, 0.25) is 5.88 Å². The average molecular weight is 249 g/mol. The van der Waals surface area contributed by atoms with Crippen LogP contribution in [0.2, 0.25) is 0 Å². The normalized spacial score (nSPS) is 16.1. The van der Waals surface area contributed by atoms with E-state index in [1.54, 1.807) is 0 Å². The summed E-state index contributed by atoms with van der Waals surface area (Å²) in [7, 11) is 0. The molecule has 2 heterocycles. The average Bonchev–Trinajstić information content (AvgIpc) is 2.90. The largest absolute Gasteiger partial charge is 0.476 e. The van der Waals surface area contributed by atoms with Crippen molar-refractivity contribution < 1.29 is 4.74 Å². The molecule has 0 amide bonds. The molecule has 1 aliphatic rings. The Morgan fingerprint density at radius 2 is 2.17 bits per heavy atom. The summed E-state index contributed by atoms with van der Waals surface area (Å²) in [5.74, 6) is 0.740. The van der Waals surface area contributed by atoms with E-state index in [-0.39, 0.29) is 0 Å². The van der Waals surface area contributed by atoms with Crippen LogP contribution in [0, 0.1) is 0 Å². The molecule has 1 saturated heterocycles. The highest BCUT2D eigenvalue weighted by Gasteiger charge is 2.10. The number of pyridine rings is 1. The van der Waals surface area contributed by atoms with E-state index in [1.165, 1.54) is 25.9 Å². The SMILES string of the molecule is CCNCc1cccc(OCCN2CCCC2)n1. The predicted molar refractivity (Wildman–Crippen MR) is 72.8 cm³/mol. The molecule has 1 aromatic rings. The van der Waals surface area contributed by atoms with E-state index in [2.05, 4.69) is 22.1 Å². The summed E-state index contributed by atoms with van der Waals surface area (Å²) in [4.78, 5) is 6.92. The molecule has 4 nitrogen and oxygen atoms in total. The molecule has 0 radical (unpaired) electrons. The van der Waals surface area contributed by atoms with Gasteiger partial charge in [-0.2, -0.15) is 0 Å². The van der Waals surface area contributed by atoms with Crippen LogP contribution in [0.5, 0.6) is 5.88 Å². The first-order valence-electron chi connectivity index (χ1n) is 6.90. The van der Waals surface area contributed by atoms with Gasteiger partial charge in [0.15, 0.2) is 0 Å². The molecule has 100 valence electrons. The van der Waals surface area contributed by atoms with Crippen molar-refractivity contribution in [1.82, 2.24) is 15.2 Å². The number of likely N-dealkylation sites (tertiary alicyclic amines) is 1. The van der Waals surface area contributed by atoms with Crippen LogP contribution in [-0.2, 0) is 6.54 Å². The molecular weight excluding hydrogens is 226 g/mol. The van der Waals surface area contributed by atoms with E-state index in [4.69, 9.17) is 4.74 Å². The lowest BCUT2D eigenvalue weighted by molar-refractivity contribution is 0.231. The van der Waals surface area contributed by atoms with Crippen LogP contribution in [0.25, 0.3) is 0 Å². The van der Waals surface area contributed by atoms with Crippen LogP contribution >= 0.6 is 0 Å². The van der Waals surface area contributed by atoms with Crippen molar-refractivity contribution in [2.24, 2.45) is 0 Å². The second kappa shape index (κ2) is 7.34. The van der Waals surface area contributed by atoms with E-state index in [1.807, 2.05) is 18.2 Å². The summed E-state index contributed by atoms with van der Waals surface area (Å²) in [5.41, 5.74) is 1.04. The van der Waals surface area contributed by atoms with Crippen molar-refractivity contribution in [1.29, 1.82) is 0 Å². The van der Waals surface area contributed by atoms with E-state index in [9.17, 15) is 0 Å². The second-order valence-electron chi connectivity index (χ2n) is 4.64. The highest BCUT2D eigenvalue weighted by Crippen LogP contribution is 2.09. The molecule has 0 aromatic carbocycles. The van der Waals surface area contributed by atoms with Crippen molar-refractivity contribution in [3.8, 4) is 5.88 Å². The minimum atomic E-state index is 0.734. The molecule has 0 aliphatic carbocycles. The Morgan fingerprint density at radius 1 is 1.33 bits per heavy atom. The summed E-state index contributed by atoms with van der Waals surface area (Å²) >= 11 is 0.